The van der Waals surface area contributed by atoms with Crippen LogP contribution in [0.25, 0.3) is 12.2 Å². The third kappa shape index (κ3) is 4.87. The Morgan fingerprint density at radius 3 is 2.72 bits per heavy atom. The van der Waals surface area contributed by atoms with Crippen molar-refractivity contribution in [3.8, 4) is 0 Å². The van der Waals surface area contributed by atoms with Crippen molar-refractivity contribution in [2.75, 3.05) is 5.32 Å². The summed E-state index contributed by atoms with van der Waals surface area (Å²) in [4.78, 5) is 21.4. The summed E-state index contributed by atoms with van der Waals surface area (Å²) in [5, 5.41) is 3.40. The fraction of sp³-hybridized carbons (Fsp3) is 0.211. The Morgan fingerprint density at radius 2 is 2.00 bits per heavy atom. The number of hydrogen-bond donors (Lipinski definition) is 1. The minimum Gasteiger partial charge on any atom is -0.442 e. The third-order valence-electron chi connectivity index (χ3n) is 3.48. The van der Waals surface area contributed by atoms with Gasteiger partial charge in [0.25, 0.3) is 0 Å². The van der Waals surface area contributed by atoms with E-state index < -0.39 is 0 Å². The molecule has 1 N–H and O–H groups in total. The van der Waals surface area contributed by atoms with Crippen molar-refractivity contribution >= 4 is 34.5 Å². The van der Waals surface area contributed by atoms with Gasteiger partial charge in [0.1, 0.15) is 5.76 Å². The average molecular weight is 353 g/mol. The Morgan fingerprint density at radius 1 is 1.20 bits per heavy atom. The number of amides is 1. The van der Waals surface area contributed by atoms with Crippen molar-refractivity contribution in [3.05, 3.63) is 64.8 Å². The lowest BCUT2D eigenvalue weighted by Gasteiger charge is -2.01. The zero-order valence-electron chi connectivity index (χ0n) is 14.1. The number of carbonyl (C=O) groups excluding carboxylic acids is 1. The van der Waals surface area contributed by atoms with Gasteiger partial charge in [-0.05, 0) is 11.6 Å². The first-order valence-electron chi connectivity index (χ1n) is 8.03. The lowest BCUT2D eigenvalue weighted by Crippen LogP contribution is -2.13. The van der Waals surface area contributed by atoms with E-state index in [1.807, 2.05) is 36.4 Å². The maximum Gasteiger partial charge on any atom is 0.230 e. The molecule has 6 heteroatoms. The summed E-state index contributed by atoms with van der Waals surface area (Å²) in [5.41, 5.74) is 0.974. The van der Waals surface area contributed by atoms with Gasteiger partial charge in [-0.2, -0.15) is 0 Å². The highest BCUT2D eigenvalue weighted by Gasteiger charge is 2.08. The minimum atomic E-state index is -0.0784. The van der Waals surface area contributed by atoms with E-state index in [0.717, 1.165) is 16.2 Å². The molecule has 0 aliphatic carbocycles. The van der Waals surface area contributed by atoms with Gasteiger partial charge < -0.3 is 9.73 Å². The Kier molecular flexibility index (Phi) is 5.40. The molecule has 2 heterocycles. The largest absolute Gasteiger partial charge is 0.442 e. The average Bonchev–Trinajstić information content (AvgIpc) is 3.23. The Labute approximate surface area is 150 Å². The topological polar surface area (TPSA) is 68.0 Å². The molecule has 0 unspecified atom stereocenters. The van der Waals surface area contributed by atoms with Gasteiger partial charge in [-0.3, -0.25) is 4.79 Å². The van der Waals surface area contributed by atoms with Gasteiger partial charge in [-0.1, -0.05) is 55.5 Å². The maximum atomic E-state index is 12.0. The number of nitrogens with one attached hydrogen (secondary N) is 1. The molecule has 0 atom stereocenters. The van der Waals surface area contributed by atoms with E-state index in [1.54, 1.807) is 18.5 Å². The second kappa shape index (κ2) is 7.90. The van der Waals surface area contributed by atoms with Crippen molar-refractivity contribution in [2.45, 2.75) is 26.2 Å². The van der Waals surface area contributed by atoms with Crippen molar-refractivity contribution in [3.63, 3.8) is 0 Å². The first kappa shape index (κ1) is 17.1. The summed E-state index contributed by atoms with van der Waals surface area (Å²) in [6.07, 6.45) is 7.47. The summed E-state index contributed by atoms with van der Waals surface area (Å²) in [5.74, 6) is 1.65. The SMILES string of the molecule is CC(C)c1cnc(C=Cc2cnc(NC(=O)Cc3ccccc3)s2)o1. The Balaban J connectivity index is 1.58. The quantitative estimate of drug-likeness (QED) is 0.703. The summed E-state index contributed by atoms with van der Waals surface area (Å²) in [6, 6.07) is 9.62. The smallest absolute Gasteiger partial charge is 0.230 e. The number of nitrogens with zero attached hydrogens (tertiary/aromatic N) is 2. The first-order chi connectivity index (χ1) is 12.1. The maximum absolute atomic E-state index is 12.0. The molecule has 3 rings (SSSR count). The molecular formula is C19H19N3O2S. The molecule has 3 aromatic rings. The first-order valence-corrected chi connectivity index (χ1v) is 8.85. The number of anilines is 1. The molecule has 25 heavy (non-hydrogen) atoms. The van der Waals surface area contributed by atoms with Crippen LogP contribution in [0.5, 0.6) is 0 Å². The second-order valence-corrected chi connectivity index (χ2v) is 6.93. The van der Waals surface area contributed by atoms with Gasteiger partial charge in [0.2, 0.25) is 11.8 Å². The fourth-order valence-corrected chi connectivity index (χ4v) is 2.90. The van der Waals surface area contributed by atoms with Crippen LogP contribution in [0.2, 0.25) is 0 Å². The van der Waals surface area contributed by atoms with E-state index in [9.17, 15) is 4.79 Å². The summed E-state index contributed by atoms with van der Waals surface area (Å²) in [6.45, 7) is 4.11. The number of carbonyl (C=O) groups is 1. The zero-order valence-corrected chi connectivity index (χ0v) is 14.9. The van der Waals surface area contributed by atoms with Crippen LogP contribution in [-0.2, 0) is 11.2 Å². The minimum absolute atomic E-state index is 0.0784. The molecule has 0 aliphatic rings. The van der Waals surface area contributed by atoms with Crippen LogP contribution in [-0.4, -0.2) is 15.9 Å². The number of rotatable bonds is 6. The molecule has 0 spiro atoms. The number of benzene rings is 1. The molecule has 0 radical (unpaired) electrons. The summed E-state index contributed by atoms with van der Waals surface area (Å²) >= 11 is 1.40. The lowest BCUT2D eigenvalue weighted by molar-refractivity contribution is -0.115. The highest BCUT2D eigenvalue weighted by molar-refractivity contribution is 7.16. The Bertz CT molecular complexity index is 866. The van der Waals surface area contributed by atoms with Gasteiger partial charge in [-0.15, -0.1) is 0 Å². The number of thiazole rings is 1. The molecular weight excluding hydrogens is 334 g/mol. The molecule has 0 aliphatic heterocycles. The molecule has 0 saturated heterocycles. The highest BCUT2D eigenvalue weighted by Crippen LogP contribution is 2.21. The normalized spacial score (nSPS) is 11.3. The van der Waals surface area contributed by atoms with E-state index >= 15 is 0 Å². The van der Waals surface area contributed by atoms with Crippen LogP contribution in [0.4, 0.5) is 5.13 Å². The second-order valence-electron chi connectivity index (χ2n) is 5.87. The summed E-state index contributed by atoms with van der Waals surface area (Å²) in [7, 11) is 0. The standard InChI is InChI=1S/C19H19N3O2S/c1-13(2)16-12-20-18(24-16)9-8-15-11-21-19(25-15)22-17(23)10-14-6-4-3-5-7-14/h3-9,11-13H,10H2,1-2H3,(H,21,22,23). The van der Waals surface area contributed by atoms with Crippen LogP contribution in [0.3, 0.4) is 0 Å². The molecule has 0 bridgehead atoms. The number of aromatic nitrogens is 2. The van der Waals surface area contributed by atoms with Gasteiger partial charge in [0.15, 0.2) is 5.13 Å². The van der Waals surface area contributed by atoms with Crippen LogP contribution < -0.4 is 5.32 Å². The van der Waals surface area contributed by atoms with Crippen LogP contribution in [0.15, 0.2) is 47.1 Å². The highest BCUT2D eigenvalue weighted by atomic mass is 32.1. The third-order valence-corrected chi connectivity index (χ3v) is 4.36. The van der Waals surface area contributed by atoms with E-state index in [1.165, 1.54) is 11.3 Å². The molecule has 128 valence electrons. The van der Waals surface area contributed by atoms with Crippen LogP contribution >= 0.6 is 11.3 Å². The molecule has 0 saturated carbocycles. The van der Waals surface area contributed by atoms with E-state index in [2.05, 4.69) is 29.1 Å². The summed E-state index contributed by atoms with van der Waals surface area (Å²) < 4.78 is 5.62. The monoisotopic (exact) mass is 353 g/mol. The van der Waals surface area contributed by atoms with Crippen molar-refractivity contribution in [1.29, 1.82) is 0 Å². The molecule has 0 fully saturated rings. The van der Waals surface area contributed by atoms with Crippen LogP contribution in [0.1, 0.15) is 41.9 Å². The van der Waals surface area contributed by atoms with E-state index in [4.69, 9.17) is 4.42 Å². The molecule has 1 aromatic carbocycles. The van der Waals surface area contributed by atoms with Gasteiger partial charge in [0.05, 0.1) is 12.6 Å². The van der Waals surface area contributed by atoms with Gasteiger partial charge >= 0.3 is 0 Å². The van der Waals surface area contributed by atoms with Gasteiger partial charge in [0, 0.05) is 23.1 Å². The molecule has 5 nitrogen and oxygen atoms in total. The van der Waals surface area contributed by atoms with Crippen LogP contribution in [0, 0.1) is 0 Å². The van der Waals surface area contributed by atoms with E-state index in [-0.39, 0.29) is 5.91 Å². The van der Waals surface area contributed by atoms with E-state index in [0.29, 0.717) is 23.4 Å². The van der Waals surface area contributed by atoms with Crippen molar-refractivity contribution < 1.29 is 9.21 Å². The number of hydrogen-bond acceptors (Lipinski definition) is 5. The molecule has 2 aromatic heterocycles. The predicted octanol–water partition coefficient (Wildman–Crippen LogP) is 4.61. The molecule has 1 amide bonds. The zero-order chi connectivity index (χ0) is 17.6. The predicted molar refractivity (Wildman–Crippen MR) is 100 cm³/mol. The van der Waals surface area contributed by atoms with Crippen molar-refractivity contribution in [1.82, 2.24) is 9.97 Å². The fourth-order valence-electron chi connectivity index (χ4n) is 2.16. The lowest BCUT2D eigenvalue weighted by atomic mass is 10.1. The van der Waals surface area contributed by atoms with Gasteiger partial charge in [-0.25, -0.2) is 9.97 Å². The Hall–Kier alpha value is -2.73. The van der Waals surface area contributed by atoms with Crippen molar-refractivity contribution in [2.24, 2.45) is 0 Å². The number of oxazole rings is 1.